The third-order valence-corrected chi connectivity index (χ3v) is 5.81. The van der Waals surface area contributed by atoms with Crippen LogP contribution < -0.4 is 4.90 Å². The van der Waals surface area contributed by atoms with Crippen LogP contribution in [0.25, 0.3) is 0 Å². The van der Waals surface area contributed by atoms with Crippen molar-refractivity contribution in [3.8, 4) is 0 Å². The van der Waals surface area contributed by atoms with Crippen molar-refractivity contribution < 1.29 is 14.3 Å². The van der Waals surface area contributed by atoms with E-state index < -0.39 is 5.79 Å². The van der Waals surface area contributed by atoms with Gasteiger partial charge in [0.25, 0.3) is 0 Å². The Balaban J connectivity index is 1.48. The summed E-state index contributed by atoms with van der Waals surface area (Å²) in [6.45, 7) is 1.29. The summed E-state index contributed by atoms with van der Waals surface area (Å²) in [7, 11) is 0. The molecule has 0 aromatic heterocycles. The number of hydrogen-bond donors (Lipinski definition) is 0. The Morgan fingerprint density at radius 2 is 1.48 bits per heavy atom. The predicted octanol–water partition coefficient (Wildman–Crippen LogP) is 3.75. The number of carbonyl (C=O) groups excluding carboxylic acids is 1. The molecule has 0 bridgehead atoms. The van der Waals surface area contributed by atoms with Gasteiger partial charge in [-0.05, 0) is 36.6 Å². The van der Waals surface area contributed by atoms with E-state index in [9.17, 15) is 4.79 Å². The van der Waals surface area contributed by atoms with Gasteiger partial charge in [0.15, 0.2) is 5.79 Å². The van der Waals surface area contributed by atoms with Crippen LogP contribution in [0.4, 0.5) is 11.4 Å². The lowest BCUT2D eigenvalue weighted by Crippen LogP contribution is -2.36. The first kappa shape index (κ1) is 15.1. The van der Waals surface area contributed by atoms with Crippen LogP contribution in [-0.2, 0) is 14.3 Å². The molecular formula is C21H21NO3. The molecule has 2 aliphatic carbocycles. The number of benzene rings is 2. The molecule has 4 nitrogen and oxygen atoms in total. The molecule has 1 saturated heterocycles. The molecule has 2 saturated carbocycles. The van der Waals surface area contributed by atoms with Gasteiger partial charge in [-0.2, -0.15) is 0 Å². The highest BCUT2D eigenvalue weighted by molar-refractivity contribution is 6.03. The molecular weight excluding hydrogens is 314 g/mol. The van der Waals surface area contributed by atoms with Crippen LogP contribution in [-0.4, -0.2) is 24.9 Å². The van der Waals surface area contributed by atoms with Crippen molar-refractivity contribution in [2.75, 3.05) is 18.1 Å². The number of hydrogen-bond acceptors (Lipinski definition) is 3. The molecule has 4 heteroatoms. The van der Waals surface area contributed by atoms with E-state index in [0.717, 1.165) is 24.2 Å². The lowest BCUT2D eigenvalue weighted by molar-refractivity contribution is -0.172. The molecule has 1 amide bonds. The lowest BCUT2D eigenvalue weighted by atomic mass is 10.0. The average molecular weight is 335 g/mol. The third-order valence-electron chi connectivity index (χ3n) is 5.81. The molecule has 1 aliphatic heterocycles. The normalized spacial score (nSPS) is 28.7. The van der Waals surface area contributed by atoms with Gasteiger partial charge in [-0.25, -0.2) is 0 Å². The first-order valence-electron chi connectivity index (χ1n) is 9.02. The summed E-state index contributed by atoms with van der Waals surface area (Å²) in [5.41, 5.74) is 1.82. The number of ether oxygens (including phenoxy) is 2. The first-order chi connectivity index (χ1) is 12.3. The maximum Gasteiger partial charge on any atom is 0.235 e. The topological polar surface area (TPSA) is 38.8 Å². The number of nitrogens with zero attached hydrogens (tertiary/aromatic N) is 1. The van der Waals surface area contributed by atoms with Crippen molar-refractivity contribution in [2.45, 2.75) is 18.6 Å². The van der Waals surface area contributed by atoms with Crippen LogP contribution in [0.3, 0.4) is 0 Å². The molecule has 3 aliphatic rings. The highest BCUT2D eigenvalue weighted by atomic mass is 16.7. The van der Waals surface area contributed by atoms with Crippen molar-refractivity contribution in [1.82, 2.24) is 0 Å². The van der Waals surface area contributed by atoms with E-state index >= 15 is 0 Å². The summed E-state index contributed by atoms with van der Waals surface area (Å²) in [4.78, 5) is 15.3. The van der Waals surface area contributed by atoms with E-state index in [4.69, 9.17) is 9.47 Å². The minimum Gasteiger partial charge on any atom is -0.347 e. The summed E-state index contributed by atoms with van der Waals surface area (Å²) in [5.74, 6) is 0.250. The number of anilines is 2. The molecule has 128 valence electrons. The van der Waals surface area contributed by atoms with Crippen molar-refractivity contribution in [2.24, 2.45) is 17.8 Å². The Morgan fingerprint density at radius 1 is 0.920 bits per heavy atom. The van der Waals surface area contributed by atoms with Gasteiger partial charge in [0, 0.05) is 23.7 Å². The molecule has 2 aromatic rings. The molecule has 3 fully saturated rings. The number of para-hydroxylation sites is 2. The van der Waals surface area contributed by atoms with Crippen LogP contribution in [0.15, 0.2) is 60.7 Å². The Kier molecular flexibility index (Phi) is 3.43. The number of amides is 1. The fraction of sp³-hybridized carbons (Fsp3) is 0.381. The Morgan fingerprint density at radius 3 is 2.04 bits per heavy atom. The Hall–Kier alpha value is -2.17. The molecule has 5 rings (SSSR count). The predicted molar refractivity (Wildman–Crippen MR) is 94.4 cm³/mol. The molecule has 0 radical (unpaired) electrons. The lowest BCUT2D eigenvalue weighted by Gasteiger charge is -2.28. The number of carbonyl (C=O) groups is 1. The highest BCUT2D eigenvalue weighted by Gasteiger charge is 2.71. The average Bonchev–Trinajstić information content (AvgIpc) is 3.02. The van der Waals surface area contributed by atoms with Crippen LogP contribution >= 0.6 is 0 Å². The minimum atomic E-state index is -0.496. The largest absolute Gasteiger partial charge is 0.347 e. The third kappa shape index (κ3) is 2.32. The molecule has 0 N–H and O–H groups in total. The van der Waals surface area contributed by atoms with Crippen LogP contribution in [0, 0.1) is 17.8 Å². The smallest absolute Gasteiger partial charge is 0.235 e. The highest BCUT2D eigenvalue weighted by Crippen LogP contribution is 2.65. The van der Waals surface area contributed by atoms with E-state index in [1.807, 2.05) is 65.6 Å². The number of fused-ring (bicyclic) bond motifs is 2. The fourth-order valence-corrected chi connectivity index (χ4v) is 4.72. The summed E-state index contributed by atoms with van der Waals surface area (Å²) in [6, 6.07) is 19.8. The van der Waals surface area contributed by atoms with Gasteiger partial charge in [0.1, 0.15) is 0 Å². The zero-order chi connectivity index (χ0) is 16.9. The van der Waals surface area contributed by atoms with Gasteiger partial charge in [-0.3, -0.25) is 9.69 Å². The van der Waals surface area contributed by atoms with E-state index in [2.05, 4.69) is 0 Å². The molecule has 1 heterocycles. The van der Waals surface area contributed by atoms with Gasteiger partial charge < -0.3 is 9.47 Å². The van der Waals surface area contributed by atoms with Crippen molar-refractivity contribution in [3.63, 3.8) is 0 Å². The van der Waals surface area contributed by atoms with Crippen molar-refractivity contribution >= 4 is 17.3 Å². The molecule has 3 atom stereocenters. The Bertz CT molecular complexity index is 725. The van der Waals surface area contributed by atoms with Gasteiger partial charge in [0.2, 0.25) is 5.91 Å². The second-order valence-corrected chi connectivity index (χ2v) is 7.11. The molecule has 3 unspecified atom stereocenters. The zero-order valence-corrected chi connectivity index (χ0v) is 14.0. The maximum atomic E-state index is 13.5. The summed E-state index contributed by atoms with van der Waals surface area (Å²) < 4.78 is 11.9. The van der Waals surface area contributed by atoms with Crippen molar-refractivity contribution in [1.29, 1.82) is 0 Å². The maximum absolute atomic E-state index is 13.5. The zero-order valence-electron chi connectivity index (χ0n) is 14.0. The fourth-order valence-electron chi connectivity index (χ4n) is 4.72. The first-order valence-corrected chi connectivity index (χ1v) is 9.02. The quantitative estimate of drug-likeness (QED) is 0.857. The summed E-state index contributed by atoms with van der Waals surface area (Å²) >= 11 is 0. The second-order valence-electron chi connectivity index (χ2n) is 7.11. The van der Waals surface area contributed by atoms with Crippen molar-refractivity contribution in [3.05, 3.63) is 60.7 Å². The SMILES string of the molecule is O=C(C1C2CCC3(OCCO3)C21)N(c1ccccc1)c1ccccc1. The van der Waals surface area contributed by atoms with Crippen LogP contribution in [0.2, 0.25) is 0 Å². The second kappa shape index (κ2) is 5.68. The van der Waals surface area contributed by atoms with Gasteiger partial charge in [-0.1, -0.05) is 36.4 Å². The molecule has 1 spiro atoms. The van der Waals surface area contributed by atoms with Gasteiger partial charge in [0.05, 0.1) is 19.1 Å². The summed E-state index contributed by atoms with van der Waals surface area (Å²) in [5, 5.41) is 0. The van der Waals surface area contributed by atoms with Crippen LogP contribution in [0.1, 0.15) is 12.8 Å². The standard InChI is InChI=1S/C21H21NO3/c23-20(18-17-11-12-21(19(17)18)24-13-14-25-21)22(15-7-3-1-4-8-15)16-9-5-2-6-10-16/h1-10,17-19H,11-14H2. The number of rotatable bonds is 3. The summed E-state index contributed by atoms with van der Waals surface area (Å²) in [6.07, 6.45) is 1.93. The van der Waals surface area contributed by atoms with Gasteiger partial charge >= 0.3 is 0 Å². The molecule has 2 aromatic carbocycles. The van der Waals surface area contributed by atoms with E-state index in [-0.39, 0.29) is 17.7 Å². The monoisotopic (exact) mass is 335 g/mol. The molecule has 25 heavy (non-hydrogen) atoms. The van der Waals surface area contributed by atoms with E-state index in [1.54, 1.807) is 0 Å². The Labute approximate surface area is 147 Å². The van der Waals surface area contributed by atoms with Crippen LogP contribution in [0.5, 0.6) is 0 Å². The van der Waals surface area contributed by atoms with Gasteiger partial charge in [-0.15, -0.1) is 0 Å². The van der Waals surface area contributed by atoms with E-state index in [0.29, 0.717) is 19.1 Å². The minimum absolute atomic E-state index is 0.00716. The van der Waals surface area contributed by atoms with E-state index in [1.165, 1.54) is 0 Å².